The third kappa shape index (κ3) is 6.87. The number of nitrogens with zero attached hydrogens (tertiary/aromatic N) is 7. The van der Waals surface area contributed by atoms with Crippen LogP contribution in [0.5, 0.6) is 0 Å². The van der Waals surface area contributed by atoms with Gasteiger partial charge < -0.3 is 8.98 Å². The Hall–Kier alpha value is -9.40. The van der Waals surface area contributed by atoms with Crippen molar-refractivity contribution < 1.29 is 4.42 Å². The van der Waals surface area contributed by atoms with Gasteiger partial charge in [0.25, 0.3) is 0 Å². The van der Waals surface area contributed by atoms with Gasteiger partial charge in [-0.15, -0.1) is 0 Å². The molecule has 0 aliphatic heterocycles. The van der Waals surface area contributed by atoms with Crippen molar-refractivity contribution in [2.24, 2.45) is 0 Å². The van der Waals surface area contributed by atoms with E-state index in [9.17, 15) is 0 Å². The monoisotopic (exact) mass is 871 g/mol. The van der Waals surface area contributed by atoms with Gasteiger partial charge in [-0.2, -0.15) is 0 Å². The van der Waals surface area contributed by atoms with Crippen molar-refractivity contribution in [3.63, 3.8) is 0 Å². The van der Waals surface area contributed by atoms with E-state index in [4.69, 9.17) is 34.3 Å². The highest BCUT2D eigenvalue weighted by molar-refractivity contribution is 6.11. The minimum absolute atomic E-state index is 0.508. The highest BCUT2D eigenvalue weighted by Crippen LogP contribution is 2.40. The number of benzene rings is 9. The molecule has 4 aromatic heterocycles. The molecule has 68 heavy (non-hydrogen) atoms. The maximum absolute atomic E-state index is 6.33. The number of aromatic nitrogens is 7. The van der Waals surface area contributed by atoms with Gasteiger partial charge >= 0.3 is 0 Å². The summed E-state index contributed by atoms with van der Waals surface area (Å²) >= 11 is 0. The molecule has 8 nitrogen and oxygen atoms in total. The van der Waals surface area contributed by atoms with Gasteiger partial charge in [-0.1, -0.05) is 170 Å². The fourth-order valence-electron chi connectivity index (χ4n) is 9.26. The lowest BCUT2D eigenvalue weighted by Gasteiger charge is -2.15. The van der Waals surface area contributed by atoms with Crippen LogP contribution >= 0.6 is 0 Å². The average Bonchev–Trinajstić information content (AvgIpc) is 3.96. The first kappa shape index (κ1) is 39.0. The van der Waals surface area contributed by atoms with E-state index in [1.807, 2.05) is 115 Å². The topological polar surface area (TPSA) is 95.4 Å². The second kappa shape index (κ2) is 16.2. The Morgan fingerprint density at radius 2 is 0.721 bits per heavy atom. The number of furan rings is 1. The average molecular weight is 872 g/mol. The Morgan fingerprint density at radius 1 is 0.265 bits per heavy atom. The van der Waals surface area contributed by atoms with Crippen LogP contribution < -0.4 is 0 Å². The van der Waals surface area contributed by atoms with Crippen LogP contribution in [0.15, 0.2) is 229 Å². The molecule has 4 heterocycles. The smallest absolute Gasteiger partial charge is 0.164 e. The molecule has 0 aliphatic rings. The Bertz CT molecular complexity index is 3960. The highest BCUT2D eigenvalue weighted by atomic mass is 16.3. The minimum atomic E-state index is 0.508. The Kier molecular flexibility index (Phi) is 9.31. The molecule has 0 amide bonds. The van der Waals surface area contributed by atoms with E-state index < -0.39 is 0 Å². The Balaban J connectivity index is 1.04. The maximum Gasteiger partial charge on any atom is 0.164 e. The van der Waals surface area contributed by atoms with Crippen LogP contribution in [0.2, 0.25) is 0 Å². The lowest BCUT2D eigenvalue weighted by atomic mass is 9.95. The number of fused-ring (bicyclic) bond motifs is 6. The van der Waals surface area contributed by atoms with Gasteiger partial charge in [0, 0.05) is 60.6 Å². The van der Waals surface area contributed by atoms with E-state index in [-0.39, 0.29) is 0 Å². The van der Waals surface area contributed by atoms with Crippen LogP contribution in [0.1, 0.15) is 0 Å². The molecule has 318 valence electrons. The zero-order chi connectivity index (χ0) is 45.0. The zero-order valence-electron chi connectivity index (χ0n) is 36.4. The Morgan fingerprint density at radius 3 is 1.35 bits per heavy atom. The number of hydrogen-bond donors (Lipinski definition) is 0. The fourth-order valence-corrected chi connectivity index (χ4v) is 9.26. The summed E-state index contributed by atoms with van der Waals surface area (Å²) in [5, 5.41) is 4.40. The predicted octanol–water partition coefficient (Wildman–Crippen LogP) is 14.7. The van der Waals surface area contributed by atoms with Gasteiger partial charge in [0.05, 0.1) is 11.0 Å². The standard InChI is InChI=1S/C60H37N7O/c1-5-17-38(18-6-1)55-62-58(64-59(63-55)43-30-33-48-47-26-14-16-28-53(47)68-54(48)37-43)42-29-32-45(41-31-34-52-49(35-41)46-25-13-15-27-51(46)67(52)44-23-11-4-12-24-44)50(36-42)60-65-56(39-19-7-2-8-20-39)61-57(66-60)40-21-9-3-10-22-40/h1-37H. The van der Waals surface area contributed by atoms with E-state index in [0.29, 0.717) is 34.9 Å². The second-order valence-electron chi connectivity index (χ2n) is 16.7. The van der Waals surface area contributed by atoms with Gasteiger partial charge in [0.15, 0.2) is 34.9 Å². The van der Waals surface area contributed by atoms with Crippen LogP contribution in [0.25, 0.3) is 129 Å². The van der Waals surface area contributed by atoms with Crippen molar-refractivity contribution in [2.45, 2.75) is 0 Å². The lowest BCUT2D eigenvalue weighted by molar-refractivity contribution is 0.669. The molecular formula is C60H37N7O. The van der Waals surface area contributed by atoms with Gasteiger partial charge in [-0.25, -0.2) is 29.9 Å². The summed E-state index contributed by atoms with van der Waals surface area (Å²) < 4.78 is 8.66. The molecule has 0 saturated heterocycles. The molecule has 0 fully saturated rings. The van der Waals surface area contributed by atoms with Crippen molar-refractivity contribution in [2.75, 3.05) is 0 Å². The summed E-state index contributed by atoms with van der Waals surface area (Å²) in [6.07, 6.45) is 0. The zero-order valence-corrected chi connectivity index (χ0v) is 36.4. The molecule has 13 aromatic rings. The fraction of sp³-hybridized carbons (Fsp3) is 0. The summed E-state index contributed by atoms with van der Waals surface area (Å²) in [5.41, 5.74) is 12.0. The molecule has 8 heteroatoms. The molecular weight excluding hydrogens is 835 g/mol. The van der Waals surface area contributed by atoms with E-state index in [1.54, 1.807) is 0 Å². The van der Waals surface area contributed by atoms with E-state index >= 15 is 0 Å². The molecule has 0 N–H and O–H groups in total. The third-order valence-electron chi connectivity index (χ3n) is 12.5. The summed E-state index contributed by atoms with van der Waals surface area (Å²) in [6, 6.07) is 76.5. The molecule has 0 unspecified atom stereocenters. The summed E-state index contributed by atoms with van der Waals surface area (Å²) in [6.45, 7) is 0. The molecule has 0 radical (unpaired) electrons. The Labute approximate surface area is 390 Å². The predicted molar refractivity (Wildman–Crippen MR) is 273 cm³/mol. The van der Waals surface area contributed by atoms with E-state index in [2.05, 4.69) is 114 Å². The molecule has 0 aliphatic carbocycles. The summed E-state index contributed by atoms with van der Waals surface area (Å²) in [5.74, 6) is 3.26. The van der Waals surface area contributed by atoms with Crippen molar-refractivity contribution in [3.05, 3.63) is 224 Å². The first-order chi connectivity index (χ1) is 33.7. The molecule has 13 rings (SSSR count). The molecule has 9 aromatic carbocycles. The second-order valence-corrected chi connectivity index (χ2v) is 16.7. The van der Waals surface area contributed by atoms with Crippen LogP contribution in [0.3, 0.4) is 0 Å². The van der Waals surface area contributed by atoms with Crippen LogP contribution in [0.4, 0.5) is 0 Å². The van der Waals surface area contributed by atoms with Crippen LogP contribution in [-0.4, -0.2) is 34.5 Å². The molecule has 0 bridgehead atoms. The van der Waals surface area contributed by atoms with Crippen molar-refractivity contribution >= 4 is 43.7 Å². The highest BCUT2D eigenvalue weighted by Gasteiger charge is 2.21. The van der Waals surface area contributed by atoms with Crippen molar-refractivity contribution in [1.29, 1.82) is 0 Å². The normalized spacial score (nSPS) is 11.5. The number of para-hydroxylation sites is 3. The van der Waals surface area contributed by atoms with E-state index in [0.717, 1.165) is 93.9 Å². The molecule has 0 saturated carbocycles. The van der Waals surface area contributed by atoms with Gasteiger partial charge in [0.2, 0.25) is 0 Å². The van der Waals surface area contributed by atoms with E-state index in [1.165, 1.54) is 0 Å². The largest absolute Gasteiger partial charge is 0.456 e. The van der Waals surface area contributed by atoms with Gasteiger partial charge in [-0.05, 0) is 65.7 Å². The number of hydrogen-bond acceptors (Lipinski definition) is 7. The number of rotatable bonds is 8. The molecule has 0 spiro atoms. The lowest BCUT2D eigenvalue weighted by Crippen LogP contribution is -2.03. The van der Waals surface area contributed by atoms with Crippen molar-refractivity contribution in [3.8, 4) is 85.1 Å². The first-order valence-electron chi connectivity index (χ1n) is 22.5. The van der Waals surface area contributed by atoms with Crippen LogP contribution in [0, 0.1) is 0 Å². The first-order valence-corrected chi connectivity index (χ1v) is 22.5. The quantitative estimate of drug-likeness (QED) is 0.150. The van der Waals surface area contributed by atoms with Gasteiger partial charge in [-0.3, -0.25) is 0 Å². The summed E-state index contributed by atoms with van der Waals surface area (Å²) in [7, 11) is 0. The van der Waals surface area contributed by atoms with Gasteiger partial charge in [0.1, 0.15) is 11.2 Å². The minimum Gasteiger partial charge on any atom is -0.456 e. The van der Waals surface area contributed by atoms with Crippen molar-refractivity contribution in [1.82, 2.24) is 34.5 Å². The van der Waals surface area contributed by atoms with Crippen LogP contribution in [-0.2, 0) is 0 Å². The third-order valence-corrected chi connectivity index (χ3v) is 12.5. The SMILES string of the molecule is c1ccc(-c2nc(-c3ccc(-c4ccc5c(c4)c4ccccc4n5-c4ccccc4)c(-c4nc(-c5ccccc5)nc(-c5ccccc5)n4)c3)nc(-c3ccc4c(c3)oc3ccccc34)n2)cc1. The summed E-state index contributed by atoms with van der Waals surface area (Å²) in [4.78, 5) is 31.0. The maximum atomic E-state index is 6.33. The molecule has 0 atom stereocenters.